The SMILES string of the molecule is CCNCc1nc2c(N)nc3ccccc3c2n1CCCCNC1CS(=O)(=O)C1. The van der Waals surface area contributed by atoms with Crippen LogP contribution in [0.4, 0.5) is 5.82 Å². The Hall–Kier alpha value is -2.23. The van der Waals surface area contributed by atoms with E-state index in [9.17, 15) is 8.42 Å². The Balaban J connectivity index is 1.53. The van der Waals surface area contributed by atoms with E-state index in [0.29, 0.717) is 12.4 Å². The average Bonchev–Trinajstić information content (AvgIpc) is 3.04. The number of nitrogens with two attached hydrogens (primary N) is 1. The molecule has 0 bridgehead atoms. The molecule has 2 aromatic heterocycles. The van der Waals surface area contributed by atoms with Crippen molar-refractivity contribution in [1.29, 1.82) is 0 Å². The third kappa shape index (κ3) is 4.22. The highest BCUT2D eigenvalue weighted by Crippen LogP contribution is 2.29. The van der Waals surface area contributed by atoms with Crippen molar-refractivity contribution in [3.05, 3.63) is 30.1 Å². The molecule has 156 valence electrons. The molecule has 0 saturated carbocycles. The zero-order valence-corrected chi connectivity index (χ0v) is 17.5. The standard InChI is InChI=1S/C20H28N6O2S/c1-2-22-11-17-25-18-19(15-7-3-4-8-16(15)24-20(18)21)26(17)10-6-5-9-23-14-12-29(27,28)13-14/h3-4,7-8,14,22-23H,2,5-6,9-13H2,1H3,(H2,21,24). The maximum atomic E-state index is 11.3. The largest absolute Gasteiger partial charge is 0.382 e. The first-order chi connectivity index (χ1) is 14.0. The van der Waals surface area contributed by atoms with Crippen LogP contribution >= 0.6 is 0 Å². The van der Waals surface area contributed by atoms with E-state index in [1.807, 2.05) is 18.2 Å². The number of fused-ring (bicyclic) bond motifs is 3. The Morgan fingerprint density at radius 1 is 1.21 bits per heavy atom. The topological polar surface area (TPSA) is 115 Å². The summed E-state index contributed by atoms with van der Waals surface area (Å²) >= 11 is 0. The monoisotopic (exact) mass is 416 g/mol. The van der Waals surface area contributed by atoms with Gasteiger partial charge >= 0.3 is 0 Å². The minimum Gasteiger partial charge on any atom is -0.382 e. The van der Waals surface area contributed by atoms with Gasteiger partial charge in [-0.05, 0) is 32.0 Å². The number of hydrogen-bond acceptors (Lipinski definition) is 7. The van der Waals surface area contributed by atoms with Gasteiger partial charge in [0.25, 0.3) is 0 Å². The summed E-state index contributed by atoms with van der Waals surface area (Å²) in [5, 5.41) is 7.75. The molecule has 1 aromatic carbocycles. The molecule has 0 amide bonds. The summed E-state index contributed by atoms with van der Waals surface area (Å²) in [7, 11) is -2.77. The van der Waals surface area contributed by atoms with Crippen molar-refractivity contribution >= 4 is 37.6 Å². The molecule has 1 aliphatic heterocycles. The molecule has 0 radical (unpaired) electrons. The van der Waals surface area contributed by atoms with E-state index in [2.05, 4.69) is 33.2 Å². The summed E-state index contributed by atoms with van der Waals surface area (Å²) < 4.78 is 24.8. The number of nitrogens with one attached hydrogen (secondary N) is 2. The normalized spacial score (nSPS) is 16.4. The Labute approximate surface area is 170 Å². The van der Waals surface area contributed by atoms with E-state index in [4.69, 9.17) is 10.7 Å². The smallest absolute Gasteiger partial charge is 0.153 e. The van der Waals surface area contributed by atoms with Crippen molar-refractivity contribution < 1.29 is 8.42 Å². The van der Waals surface area contributed by atoms with Gasteiger partial charge in [-0.2, -0.15) is 0 Å². The summed E-state index contributed by atoms with van der Waals surface area (Å²) in [6, 6.07) is 8.14. The Bertz CT molecular complexity index is 1110. The Morgan fingerprint density at radius 3 is 2.76 bits per heavy atom. The minimum atomic E-state index is -2.77. The van der Waals surface area contributed by atoms with Crippen molar-refractivity contribution in [1.82, 2.24) is 25.2 Å². The molecule has 1 fully saturated rings. The highest BCUT2D eigenvalue weighted by Gasteiger charge is 2.32. The van der Waals surface area contributed by atoms with Crippen molar-refractivity contribution in [3.63, 3.8) is 0 Å². The molecule has 0 atom stereocenters. The second-order valence-corrected chi connectivity index (χ2v) is 9.76. The number of anilines is 1. The number of aryl methyl sites for hydroxylation is 1. The van der Waals surface area contributed by atoms with E-state index in [1.54, 1.807) is 0 Å². The first-order valence-electron chi connectivity index (χ1n) is 10.2. The van der Waals surface area contributed by atoms with Gasteiger partial charge in [0.1, 0.15) is 11.3 Å². The van der Waals surface area contributed by atoms with E-state index < -0.39 is 9.84 Å². The fourth-order valence-corrected chi connectivity index (χ4v) is 5.26. The number of benzene rings is 1. The fourth-order valence-electron chi connectivity index (χ4n) is 3.90. The van der Waals surface area contributed by atoms with Crippen LogP contribution in [-0.2, 0) is 22.9 Å². The van der Waals surface area contributed by atoms with E-state index in [1.165, 1.54) is 0 Å². The molecular formula is C20H28N6O2S. The summed E-state index contributed by atoms with van der Waals surface area (Å²) in [4.78, 5) is 9.31. The van der Waals surface area contributed by atoms with Crippen LogP contribution in [0.2, 0.25) is 0 Å². The van der Waals surface area contributed by atoms with Crippen molar-refractivity contribution in [2.45, 2.75) is 38.9 Å². The Kier molecular flexibility index (Phi) is 5.71. The predicted octanol–water partition coefficient (Wildman–Crippen LogP) is 1.44. The van der Waals surface area contributed by atoms with Crippen LogP contribution in [0.1, 0.15) is 25.6 Å². The maximum absolute atomic E-state index is 11.3. The number of nitrogen functional groups attached to an aromatic ring is 1. The molecule has 0 unspecified atom stereocenters. The first kappa shape index (κ1) is 20.1. The molecular weight excluding hydrogens is 388 g/mol. The molecule has 3 heterocycles. The third-order valence-electron chi connectivity index (χ3n) is 5.37. The molecule has 29 heavy (non-hydrogen) atoms. The number of nitrogens with zero attached hydrogens (tertiary/aromatic N) is 3. The van der Waals surface area contributed by atoms with Crippen LogP contribution in [0.3, 0.4) is 0 Å². The molecule has 8 nitrogen and oxygen atoms in total. The number of sulfone groups is 1. The van der Waals surface area contributed by atoms with Gasteiger partial charge in [0.05, 0.1) is 29.1 Å². The zero-order chi connectivity index (χ0) is 20.4. The van der Waals surface area contributed by atoms with Gasteiger partial charge in [-0.15, -0.1) is 0 Å². The maximum Gasteiger partial charge on any atom is 0.153 e. The number of hydrogen-bond donors (Lipinski definition) is 3. The van der Waals surface area contributed by atoms with Crippen LogP contribution in [-0.4, -0.2) is 53.6 Å². The number of imidazole rings is 1. The van der Waals surface area contributed by atoms with Gasteiger partial charge in [0.2, 0.25) is 0 Å². The zero-order valence-electron chi connectivity index (χ0n) is 16.7. The van der Waals surface area contributed by atoms with Gasteiger partial charge in [0, 0.05) is 18.0 Å². The molecule has 1 aliphatic rings. The predicted molar refractivity (Wildman–Crippen MR) is 117 cm³/mol. The first-order valence-corrected chi connectivity index (χ1v) is 12.0. The van der Waals surface area contributed by atoms with E-state index in [-0.39, 0.29) is 17.5 Å². The number of para-hydroxylation sites is 1. The fraction of sp³-hybridized carbons (Fsp3) is 0.500. The lowest BCUT2D eigenvalue weighted by atomic mass is 10.2. The molecule has 0 aliphatic carbocycles. The van der Waals surface area contributed by atoms with Crippen LogP contribution in [0, 0.1) is 0 Å². The van der Waals surface area contributed by atoms with E-state index in [0.717, 1.165) is 60.2 Å². The van der Waals surface area contributed by atoms with Gasteiger partial charge < -0.3 is 20.9 Å². The van der Waals surface area contributed by atoms with Crippen LogP contribution in [0.15, 0.2) is 24.3 Å². The van der Waals surface area contributed by atoms with Gasteiger partial charge in [-0.3, -0.25) is 0 Å². The van der Waals surface area contributed by atoms with E-state index >= 15 is 0 Å². The summed E-state index contributed by atoms with van der Waals surface area (Å²) in [6.45, 7) is 5.27. The number of aromatic nitrogens is 3. The lowest BCUT2D eigenvalue weighted by molar-refractivity contribution is 0.491. The van der Waals surface area contributed by atoms with Crippen LogP contribution < -0.4 is 16.4 Å². The number of pyridine rings is 1. The molecule has 3 aromatic rings. The molecule has 1 saturated heterocycles. The van der Waals surface area contributed by atoms with Crippen molar-refractivity contribution in [3.8, 4) is 0 Å². The lowest BCUT2D eigenvalue weighted by Crippen LogP contribution is -2.51. The quantitative estimate of drug-likeness (QED) is 0.452. The molecule has 9 heteroatoms. The average molecular weight is 417 g/mol. The molecule has 4 rings (SSSR count). The van der Waals surface area contributed by atoms with Crippen LogP contribution in [0.5, 0.6) is 0 Å². The third-order valence-corrected chi connectivity index (χ3v) is 7.19. The Morgan fingerprint density at radius 2 is 2.00 bits per heavy atom. The minimum absolute atomic E-state index is 0.119. The van der Waals surface area contributed by atoms with Crippen molar-refractivity contribution in [2.24, 2.45) is 0 Å². The number of rotatable bonds is 9. The van der Waals surface area contributed by atoms with Gasteiger partial charge in [0.15, 0.2) is 15.7 Å². The second kappa shape index (κ2) is 8.25. The lowest BCUT2D eigenvalue weighted by Gasteiger charge is -2.26. The summed E-state index contributed by atoms with van der Waals surface area (Å²) in [6.07, 6.45) is 1.93. The summed E-state index contributed by atoms with van der Waals surface area (Å²) in [5.74, 6) is 1.96. The molecule has 0 spiro atoms. The molecule has 4 N–H and O–H groups in total. The van der Waals surface area contributed by atoms with Gasteiger partial charge in [-0.1, -0.05) is 25.1 Å². The van der Waals surface area contributed by atoms with Crippen molar-refractivity contribution in [2.75, 3.05) is 30.3 Å². The second-order valence-electron chi connectivity index (χ2n) is 7.61. The number of unbranched alkanes of at least 4 members (excludes halogenated alkanes) is 1. The summed E-state index contributed by atoms with van der Waals surface area (Å²) in [5.41, 5.74) is 8.90. The highest BCUT2D eigenvalue weighted by atomic mass is 32.2. The van der Waals surface area contributed by atoms with Crippen LogP contribution in [0.25, 0.3) is 21.9 Å². The van der Waals surface area contributed by atoms with Gasteiger partial charge in [-0.25, -0.2) is 18.4 Å². The highest BCUT2D eigenvalue weighted by molar-refractivity contribution is 7.92.